The number of ketones is 2. The molecule has 0 aliphatic carbocycles. The van der Waals surface area contributed by atoms with Gasteiger partial charge in [-0.2, -0.15) is 0 Å². The highest BCUT2D eigenvalue weighted by Crippen LogP contribution is 2.31. The number of nitrogens with zero attached hydrogens (tertiary/aromatic N) is 1. The normalized spacial score (nSPS) is 18.9. The molecule has 5 nitrogen and oxygen atoms in total. The van der Waals surface area contributed by atoms with E-state index in [1.54, 1.807) is 37.3 Å². The minimum Gasteiger partial charge on any atom is -0.373 e. The van der Waals surface area contributed by atoms with E-state index in [9.17, 15) is 23.9 Å². The molecule has 1 heterocycles. The molecular weight excluding hydrogens is 397 g/mol. The van der Waals surface area contributed by atoms with Crippen LogP contribution in [0.3, 0.4) is 0 Å². The molecule has 1 aliphatic rings. The summed E-state index contributed by atoms with van der Waals surface area (Å²) in [7, 11) is 0. The molecule has 7 heteroatoms. The fourth-order valence-corrected chi connectivity index (χ4v) is 3.73. The fraction of sp³-hybridized carbons (Fsp3) is 0.318. The second kappa shape index (κ2) is 8.43. The smallest absolute Gasteiger partial charge is 0.266 e. The molecule has 1 unspecified atom stereocenters. The molecule has 3 rings (SSSR count). The highest BCUT2D eigenvalue weighted by Gasteiger charge is 2.50. The SMILES string of the molecule is CCC(=O)c1cccc(N2CCC(O)(C(=O)CCc3cc(F)cc(Cl)c3)C2=O)c1. The lowest BCUT2D eigenvalue weighted by molar-refractivity contribution is -0.147. The summed E-state index contributed by atoms with van der Waals surface area (Å²) < 4.78 is 13.4. The van der Waals surface area contributed by atoms with E-state index >= 15 is 0 Å². The second-order valence-electron chi connectivity index (χ2n) is 7.09. The minimum atomic E-state index is -2.12. The van der Waals surface area contributed by atoms with Gasteiger partial charge in [-0.05, 0) is 42.3 Å². The maximum atomic E-state index is 13.4. The molecule has 0 saturated carbocycles. The van der Waals surface area contributed by atoms with Gasteiger partial charge in [-0.15, -0.1) is 0 Å². The number of amides is 1. The molecule has 2 aromatic carbocycles. The van der Waals surface area contributed by atoms with Gasteiger partial charge in [-0.1, -0.05) is 30.7 Å². The van der Waals surface area contributed by atoms with Crippen LogP contribution in [0.2, 0.25) is 5.02 Å². The Morgan fingerprint density at radius 1 is 1.24 bits per heavy atom. The first kappa shape index (κ1) is 21.1. The third-order valence-corrected chi connectivity index (χ3v) is 5.34. The second-order valence-corrected chi connectivity index (χ2v) is 7.53. The predicted molar refractivity (Wildman–Crippen MR) is 108 cm³/mol. The van der Waals surface area contributed by atoms with Gasteiger partial charge in [0, 0.05) is 42.1 Å². The number of halogens is 2. The molecule has 0 aromatic heterocycles. The van der Waals surface area contributed by atoms with Crippen LogP contribution < -0.4 is 4.90 Å². The van der Waals surface area contributed by atoms with Crippen LogP contribution in [0.5, 0.6) is 0 Å². The molecule has 152 valence electrons. The summed E-state index contributed by atoms with van der Waals surface area (Å²) in [5.41, 5.74) is -0.667. The molecule has 1 N–H and O–H groups in total. The molecule has 1 amide bonds. The minimum absolute atomic E-state index is 0.0411. The van der Waals surface area contributed by atoms with Gasteiger partial charge in [-0.25, -0.2) is 4.39 Å². The Kier molecular flexibility index (Phi) is 6.15. The van der Waals surface area contributed by atoms with Gasteiger partial charge in [0.25, 0.3) is 5.91 Å². The molecule has 0 bridgehead atoms. The maximum Gasteiger partial charge on any atom is 0.266 e. The van der Waals surface area contributed by atoms with Crippen molar-refractivity contribution in [2.75, 3.05) is 11.4 Å². The van der Waals surface area contributed by atoms with Crippen molar-refractivity contribution in [3.63, 3.8) is 0 Å². The van der Waals surface area contributed by atoms with Crippen molar-refractivity contribution in [1.82, 2.24) is 0 Å². The van der Waals surface area contributed by atoms with E-state index in [2.05, 4.69) is 0 Å². The Balaban J connectivity index is 1.73. The summed E-state index contributed by atoms with van der Waals surface area (Å²) in [6, 6.07) is 10.6. The van der Waals surface area contributed by atoms with Crippen LogP contribution in [-0.2, 0) is 16.0 Å². The van der Waals surface area contributed by atoms with Crippen molar-refractivity contribution < 1.29 is 23.9 Å². The Hall–Kier alpha value is -2.57. The van der Waals surface area contributed by atoms with Crippen LogP contribution in [0.1, 0.15) is 42.1 Å². The molecule has 2 aromatic rings. The number of carbonyl (C=O) groups is 3. The van der Waals surface area contributed by atoms with Crippen molar-refractivity contribution in [3.8, 4) is 0 Å². The van der Waals surface area contributed by atoms with Gasteiger partial charge in [0.15, 0.2) is 11.6 Å². The quantitative estimate of drug-likeness (QED) is 0.550. The van der Waals surface area contributed by atoms with E-state index in [1.807, 2.05) is 0 Å². The number of hydrogen-bond acceptors (Lipinski definition) is 4. The first-order valence-electron chi connectivity index (χ1n) is 9.40. The lowest BCUT2D eigenvalue weighted by Gasteiger charge is -2.21. The summed E-state index contributed by atoms with van der Waals surface area (Å²) in [4.78, 5) is 38.7. The number of anilines is 1. The third kappa shape index (κ3) is 4.38. The van der Waals surface area contributed by atoms with E-state index in [0.29, 0.717) is 23.2 Å². The average Bonchev–Trinajstić information content (AvgIpc) is 3.01. The highest BCUT2D eigenvalue weighted by molar-refractivity contribution is 6.30. The summed E-state index contributed by atoms with van der Waals surface area (Å²) >= 11 is 5.82. The zero-order valence-corrected chi connectivity index (χ0v) is 16.7. The van der Waals surface area contributed by atoms with Gasteiger partial charge in [-0.3, -0.25) is 14.4 Å². The van der Waals surface area contributed by atoms with E-state index in [0.717, 1.165) is 6.07 Å². The maximum absolute atomic E-state index is 13.4. The number of aliphatic hydroxyl groups is 1. The Morgan fingerprint density at radius 2 is 2.00 bits per heavy atom. The molecule has 1 fully saturated rings. The lowest BCUT2D eigenvalue weighted by atomic mass is 9.92. The van der Waals surface area contributed by atoms with Gasteiger partial charge >= 0.3 is 0 Å². The summed E-state index contributed by atoms with van der Waals surface area (Å²) in [6.07, 6.45) is 0.334. The van der Waals surface area contributed by atoms with Crippen LogP contribution in [-0.4, -0.2) is 34.7 Å². The Morgan fingerprint density at radius 3 is 2.69 bits per heavy atom. The van der Waals surface area contributed by atoms with Gasteiger partial charge in [0.2, 0.25) is 5.60 Å². The van der Waals surface area contributed by atoms with Crippen molar-refractivity contribution >= 4 is 34.8 Å². The molecule has 29 heavy (non-hydrogen) atoms. The number of carbonyl (C=O) groups excluding carboxylic acids is 3. The predicted octanol–water partition coefficient (Wildman–Crippen LogP) is 3.74. The molecule has 1 aliphatic heterocycles. The average molecular weight is 418 g/mol. The van der Waals surface area contributed by atoms with E-state index in [-0.39, 0.29) is 36.6 Å². The van der Waals surface area contributed by atoms with E-state index < -0.39 is 23.1 Å². The van der Waals surface area contributed by atoms with Crippen LogP contribution in [0.15, 0.2) is 42.5 Å². The van der Waals surface area contributed by atoms with E-state index in [4.69, 9.17) is 11.6 Å². The topological polar surface area (TPSA) is 74.7 Å². The van der Waals surface area contributed by atoms with Gasteiger partial charge in [0.05, 0.1) is 0 Å². The summed E-state index contributed by atoms with van der Waals surface area (Å²) in [6.45, 7) is 1.91. The number of Topliss-reactive ketones (excluding diaryl/α,β-unsaturated/α-hetero) is 2. The largest absolute Gasteiger partial charge is 0.373 e. The van der Waals surface area contributed by atoms with Crippen LogP contribution in [0, 0.1) is 5.82 Å². The number of hydrogen-bond donors (Lipinski definition) is 1. The number of aryl methyl sites for hydroxylation is 1. The van der Waals surface area contributed by atoms with Crippen molar-refractivity contribution in [1.29, 1.82) is 0 Å². The molecule has 1 saturated heterocycles. The van der Waals surface area contributed by atoms with Gasteiger partial charge in [0.1, 0.15) is 5.82 Å². The third-order valence-electron chi connectivity index (χ3n) is 5.12. The number of benzene rings is 2. The van der Waals surface area contributed by atoms with Crippen molar-refractivity contribution in [2.24, 2.45) is 0 Å². The molecule has 0 spiro atoms. The monoisotopic (exact) mass is 417 g/mol. The standard InChI is InChI=1S/C22H21ClFNO4/c1-2-19(26)15-4-3-5-18(12-15)25-9-8-22(29,21(25)28)20(27)7-6-14-10-16(23)13-17(24)11-14/h3-5,10-13,29H,2,6-9H2,1H3. The first-order valence-corrected chi connectivity index (χ1v) is 9.78. The zero-order valence-electron chi connectivity index (χ0n) is 16.0. The molecule has 0 radical (unpaired) electrons. The zero-order chi connectivity index (χ0) is 21.2. The van der Waals surface area contributed by atoms with Gasteiger partial charge < -0.3 is 10.0 Å². The van der Waals surface area contributed by atoms with Crippen molar-refractivity contribution in [2.45, 2.75) is 38.2 Å². The summed E-state index contributed by atoms with van der Waals surface area (Å²) in [5.74, 6) is -1.89. The molecular formula is C22H21ClFNO4. The first-order chi connectivity index (χ1) is 13.7. The van der Waals surface area contributed by atoms with E-state index in [1.165, 1.54) is 11.0 Å². The number of rotatable bonds is 7. The Bertz CT molecular complexity index is 957. The Labute approximate surface area is 173 Å². The lowest BCUT2D eigenvalue weighted by Crippen LogP contribution is -2.47. The van der Waals surface area contributed by atoms with Crippen LogP contribution in [0.25, 0.3) is 0 Å². The fourth-order valence-electron chi connectivity index (χ4n) is 3.48. The molecule has 1 atom stereocenters. The van der Waals surface area contributed by atoms with Crippen molar-refractivity contribution in [3.05, 3.63) is 64.4 Å². The summed E-state index contributed by atoms with van der Waals surface area (Å²) in [5, 5.41) is 11.0. The van der Waals surface area contributed by atoms with Crippen LogP contribution >= 0.6 is 11.6 Å². The highest BCUT2D eigenvalue weighted by atomic mass is 35.5. The van der Waals surface area contributed by atoms with Crippen LogP contribution in [0.4, 0.5) is 10.1 Å².